The quantitative estimate of drug-likeness (QED) is 0.324. The highest BCUT2D eigenvalue weighted by atomic mass is 79.9. The van der Waals surface area contributed by atoms with Crippen molar-refractivity contribution in [1.82, 2.24) is 15.5 Å². The molecule has 1 heterocycles. The number of benzene rings is 2. The standard InChI is InChI=1S/C29H38N4O6.BrH/c1-8-32-28(36)39-25-21(29(4,5)6)11-17(12-24(25)38-10-3)22(34)16-33-15-18-13-23(37-9-2)20(27(35)31-7)14-19(18)26(33)30;/h11-14,30H,8-10,15-16H2,1-7H3,(H,31,35)(H,32,36);1H. The Kier molecular flexibility index (Phi) is 11.1. The molecule has 0 unspecified atom stereocenters. The molecule has 3 rings (SSSR count). The van der Waals surface area contributed by atoms with Gasteiger partial charge in [0, 0.05) is 36.8 Å². The lowest BCUT2D eigenvalue weighted by Gasteiger charge is -2.25. The third-order valence-electron chi connectivity index (χ3n) is 6.24. The molecule has 10 nitrogen and oxygen atoms in total. The average molecular weight is 620 g/mol. The zero-order chi connectivity index (χ0) is 28.9. The first kappa shape index (κ1) is 32.6. The molecule has 218 valence electrons. The summed E-state index contributed by atoms with van der Waals surface area (Å²) < 4.78 is 17.1. The summed E-state index contributed by atoms with van der Waals surface area (Å²) in [6.07, 6.45) is -0.603. The summed E-state index contributed by atoms with van der Waals surface area (Å²) in [5, 5.41) is 13.9. The second-order valence-corrected chi connectivity index (χ2v) is 10.1. The van der Waals surface area contributed by atoms with Crippen LogP contribution in [0.15, 0.2) is 24.3 Å². The van der Waals surface area contributed by atoms with Gasteiger partial charge in [-0.15, -0.1) is 17.0 Å². The molecule has 1 aliphatic heterocycles. The van der Waals surface area contributed by atoms with E-state index in [-0.39, 0.29) is 46.8 Å². The molecule has 0 atom stereocenters. The smallest absolute Gasteiger partial charge is 0.412 e. The van der Waals surface area contributed by atoms with Gasteiger partial charge in [-0.1, -0.05) is 20.8 Å². The predicted molar refractivity (Wildman–Crippen MR) is 159 cm³/mol. The third kappa shape index (κ3) is 7.12. The number of nitrogens with one attached hydrogen (secondary N) is 3. The summed E-state index contributed by atoms with van der Waals surface area (Å²) in [6, 6.07) is 6.72. The zero-order valence-electron chi connectivity index (χ0n) is 24.1. The van der Waals surface area contributed by atoms with Crippen molar-refractivity contribution in [1.29, 1.82) is 5.41 Å². The Hall–Kier alpha value is -3.60. The molecule has 11 heteroatoms. The van der Waals surface area contributed by atoms with Crippen molar-refractivity contribution in [2.24, 2.45) is 0 Å². The number of halogens is 1. The minimum Gasteiger partial charge on any atom is -0.493 e. The van der Waals surface area contributed by atoms with Gasteiger partial charge in [-0.25, -0.2) is 4.79 Å². The van der Waals surface area contributed by atoms with Gasteiger partial charge >= 0.3 is 6.09 Å². The highest BCUT2D eigenvalue weighted by molar-refractivity contribution is 8.93. The van der Waals surface area contributed by atoms with Gasteiger partial charge in [0.1, 0.15) is 11.6 Å². The maximum atomic E-state index is 13.6. The van der Waals surface area contributed by atoms with Gasteiger partial charge in [0.2, 0.25) is 0 Å². The van der Waals surface area contributed by atoms with Crippen molar-refractivity contribution in [2.45, 2.75) is 53.5 Å². The first-order chi connectivity index (χ1) is 18.4. The van der Waals surface area contributed by atoms with Crippen molar-refractivity contribution in [3.8, 4) is 17.2 Å². The van der Waals surface area contributed by atoms with Gasteiger partial charge in [0.05, 0.1) is 25.3 Å². The van der Waals surface area contributed by atoms with Gasteiger partial charge < -0.3 is 29.7 Å². The maximum Gasteiger partial charge on any atom is 0.412 e. The van der Waals surface area contributed by atoms with E-state index in [1.165, 1.54) is 7.05 Å². The molecule has 0 aliphatic carbocycles. The maximum absolute atomic E-state index is 13.6. The molecule has 0 spiro atoms. The van der Waals surface area contributed by atoms with Crippen molar-refractivity contribution >= 4 is 40.6 Å². The number of ketones is 1. The Balaban J connectivity index is 0.00000560. The Morgan fingerprint density at radius 2 is 1.65 bits per heavy atom. The molecular formula is C29H39BrN4O6. The Morgan fingerprint density at radius 1 is 1.00 bits per heavy atom. The molecule has 0 saturated heterocycles. The summed E-state index contributed by atoms with van der Waals surface area (Å²) in [5.41, 5.74) is 2.30. The van der Waals surface area contributed by atoms with E-state index in [2.05, 4.69) is 10.6 Å². The van der Waals surface area contributed by atoms with Crippen LogP contribution in [0.2, 0.25) is 0 Å². The van der Waals surface area contributed by atoms with Crippen LogP contribution in [0.3, 0.4) is 0 Å². The number of amidine groups is 1. The van der Waals surface area contributed by atoms with Gasteiger partial charge in [-0.3, -0.25) is 15.0 Å². The number of rotatable bonds is 10. The summed E-state index contributed by atoms with van der Waals surface area (Å²) in [4.78, 5) is 39.9. The lowest BCUT2D eigenvalue weighted by molar-refractivity contribution is 0.0952. The second-order valence-electron chi connectivity index (χ2n) is 10.1. The Labute approximate surface area is 246 Å². The van der Waals surface area contributed by atoms with Crippen molar-refractivity contribution in [3.63, 3.8) is 0 Å². The monoisotopic (exact) mass is 618 g/mol. The number of hydrogen-bond acceptors (Lipinski definition) is 7. The fourth-order valence-corrected chi connectivity index (χ4v) is 4.38. The lowest BCUT2D eigenvalue weighted by Crippen LogP contribution is -2.31. The molecule has 2 aromatic carbocycles. The molecule has 1 aliphatic rings. The minimum absolute atomic E-state index is 0. The van der Waals surface area contributed by atoms with Gasteiger partial charge in [0.25, 0.3) is 5.91 Å². The molecule has 0 saturated carbocycles. The Bertz CT molecular complexity index is 1290. The van der Waals surface area contributed by atoms with Crippen molar-refractivity contribution < 1.29 is 28.6 Å². The number of ether oxygens (including phenoxy) is 3. The van der Waals surface area contributed by atoms with Crippen molar-refractivity contribution in [3.05, 3.63) is 52.1 Å². The number of nitrogens with zero attached hydrogens (tertiary/aromatic N) is 1. The molecule has 0 fully saturated rings. The molecule has 40 heavy (non-hydrogen) atoms. The van der Waals surface area contributed by atoms with Gasteiger partial charge in [-0.2, -0.15) is 0 Å². The summed E-state index contributed by atoms with van der Waals surface area (Å²) in [7, 11) is 1.54. The van der Waals surface area contributed by atoms with E-state index in [4.69, 9.17) is 19.6 Å². The van der Waals surface area contributed by atoms with E-state index in [0.29, 0.717) is 60.1 Å². The molecular weight excluding hydrogens is 580 g/mol. The van der Waals surface area contributed by atoms with E-state index in [1.807, 2.05) is 34.6 Å². The van der Waals surface area contributed by atoms with Crippen LogP contribution >= 0.6 is 17.0 Å². The van der Waals surface area contributed by atoms with Gasteiger partial charge in [0.15, 0.2) is 17.3 Å². The van der Waals surface area contributed by atoms with Crippen LogP contribution in [-0.2, 0) is 12.0 Å². The van der Waals surface area contributed by atoms with Gasteiger partial charge in [-0.05, 0) is 56.0 Å². The van der Waals surface area contributed by atoms with E-state index >= 15 is 0 Å². The number of amides is 2. The van der Waals surface area contributed by atoms with Crippen LogP contribution in [0.1, 0.15) is 78.9 Å². The molecule has 3 N–H and O–H groups in total. The summed E-state index contributed by atoms with van der Waals surface area (Å²) in [5.74, 6) is 0.644. The summed E-state index contributed by atoms with van der Waals surface area (Å²) >= 11 is 0. The number of hydrogen-bond donors (Lipinski definition) is 3. The zero-order valence-corrected chi connectivity index (χ0v) is 25.9. The van der Waals surface area contributed by atoms with E-state index < -0.39 is 11.5 Å². The highest BCUT2D eigenvalue weighted by Crippen LogP contribution is 2.40. The van der Waals surface area contributed by atoms with Crippen molar-refractivity contribution in [2.75, 3.05) is 33.4 Å². The van der Waals surface area contributed by atoms with Crippen LogP contribution < -0.4 is 24.8 Å². The van der Waals surface area contributed by atoms with E-state index in [9.17, 15) is 14.4 Å². The number of carbonyl (C=O) groups is 3. The van der Waals surface area contributed by atoms with Crippen LogP contribution in [0, 0.1) is 5.41 Å². The highest BCUT2D eigenvalue weighted by Gasteiger charge is 2.31. The normalized spacial score (nSPS) is 12.3. The summed E-state index contributed by atoms with van der Waals surface area (Å²) in [6.45, 7) is 12.7. The largest absolute Gasteiger partial charge is 0.493 e. The van der Waals surface area contributed by atoms with E-state index in [1.54, 1.807) is 36.1 Å². The first-order valence-electron chi connectivity index (χ1n) is 13.1. The topological polar surface area (TPSA) is 130 Å². The van der Waals surface area contributed by atoms with E-state index in [0.717, 1.165) is 5.56 Å². The molecule has 2 amide bonds. The molecule has 0 bridgehead atoms. The number of carbonyl (C=O) groups excluding carboxylic acids is 3. The minimum atomic E-state index is -0.603. The predicted octanol–water partition coefficient (Wildman–Crippen LogP) is 4.85. The molecule has 2 aromatic rings. The SMILES string of the molecule is Br.CCNC(=O)Oc1c(OCC)cc(C(=O)CN2Cc3cc(OCC)c(C(=O)NC)cc3C2=N)cc1C(C)(C)C. The molecule has 0 aromatic heterocycles. The van der Waals surface area contributed by atoms with Crippen LogP contribution in [0.5, 0.6) is 17.2 Å². The Morgan fingerprint density at radius 3 is 2.23 bits per heavy atom. The second kappa shape index (κ2) is 13.6. The molecule has 0 radical (unpaired) electrons. The average Bonchev–Trinajstić information content (AvgIpc) is 3.17. The van der Waals surface area contributed by atoms with Crippen LogP contribution in [0.25, 0.3) is 0 Å². The van der Waals surface area contributed by atoms with Crippen LogP contribution in [0.4, 0.5) is 4.79 Å². The number of Topliss-reactive ketones (excluding diaryl/α,β-unsaturated/α-hetero) is 1. The first-order valence-corrected chi connectivity index (χ1v) is 13.1. The third-order valence-corrected chi connectivity index (χ3v) is 6.24. The fourth-order valence-electron chi connectivity index (χ4n) is 4.38. The number of fused-ring (bicyclic) bond motifs is 1. The lowest BCUT2D eigenvalue weighted by atomic mass is 9.84. The van der Waals surface area contributed by atoms with Crippen LogP contribution in [-0.4, -0.2) is 61.9 Å². The fraction of sp³-hybridized carbons (Fsp3) is 0.448.